The minimum absolute atomic E-state index is 0.100. The van der Waals surface area contributed by atoms with Gasteiger partial charge in [-0.1, -0.05) is 195 Å². The molecule has 0 aromatic carbocycles. The Morgan fingerprint density at radius 2 is 0.597 bits per heavy atom. The zero-order valence-corrected chi connectivity index (χ0v) is 40.1. The van der Waals surface area contributed by atoms with Crippen LogP contribution in [0, 0.1) is 0 Å². The van der Waals surface area contributed by atoms with E-state index in [-0.39, 0.29) is 37.5 Å². The molecule has 0 saturated carbocycles. The van der Waals surface area contributed by atoms with Gasteiger partial charge in [-0.25, -0.2) is 0 Å². The van der Waals surface area contributed by atoms with Gasteiger partial charge >= 0.3 is 17.9 Å². The molecule has 0 aliphatic rings. The van der Waals surface area contributed by atoms with Crippen LogP contribution in [0.15, 0.2) is 97.2 Å². The van der Waals surface area contributed by atoms with E-state index in [1.54, 1.807) is 0 Å². The topological polar surface area (TPSA) is 78.9 Å². The van der Waals surface area contributed by atoms with Gasteiger partial charge in [0.2, 0.25) is 0 Å². The van der Waals surface area contributed by atoms with Crippen molar-refractivity contribution in [1.29, 1.82) is 0 Å². The van der Waals surface area contributed by atoms with Crippen LogP contribution in [0.2, 0.25) is 0 Å². The van der Waals surface area contributed by atoms with Gasteiger partial charge in [0.1, 0.15) is 13.2 Å². The summed E-state index contributed by atoms with van der Waals surface area (Å²) in [5, 5.41) is 0. The summed E-state index contributed by atoms with van der Waals surface area (Å²) in [5.74, 6) is -0.975. The third-order valence-electron chi connectivity index (χ3n) is 10.3. The lowest BCUT2D eigenvalue weighted by Gasteiger charge is -2.18. The van der Waals surface area contributed by atoms with Gasteiger partial charge in [-0.3, -0.25) is 14.4 Å². The van der Waals surface area contributed by atoms with Crippen molar-refractivity contribution in [3.05, 3.63) is 97.2 Å². The Kier molecular flexibility index (Phi) is 47.0. The average Bonchev–Trinajstić information content (AvgIpc) is 3.27. The van der Waals surface area contributed by atoms with Gasteiger partial charge in [-0.15, -0.1) is 0 Å². The van der Waals surface area contributed by atoms with Gasteiger partial charge in [0.05, 0.1) is 0 Å². The van der Waals surface area contributed by atoms with Crippen LogP contribution < -0.4 is 0 Å². The Morgan fingerprint density at radius 1 is 0.323 bits per heavy atom. The first-order chi connectivity index (χ1) is 30.5. The molecule has 0 bridgehead atoms. The first-order valence-electron chi connectivity index (χ1n) is 25.2. The maximum atomic E-state index is 12.8. The normalized spacial score (nSPS) is 12.9. The van der Waals surface area contributed by atoms with Crippen molar-refractivity contribution >= 4 is 17.9 Å². The van der Waals surface area contributed by atoms with Crippen molar-refractivity contribution in [3.63, 3.8) is 0 Å². The van der Waals surface area contributed by atoms with Gasteiger partial charge in [0, 0.05) is 19.3 Å². The van der Waals surface area contributed by atoms with Crippen LogP contribution in [0.4, 0.5) is 0 Å². The highest BCUT2D eigenvalue weighted by molar-refractivity contribution is 5.71. The molecule has 62 heavy (non-hydrogen) atoms. The highest BCUT2D eigenvalue weighted by atomic mass is 16.6. The van der Waals surface area contributed by atoms with E-state index in [1.165, 1.54) is 70.6 Å². The van der Waals surface area contributed by atoms with Crippen molar-refractivity contribution in [2.45, 2.75) is 226 Å². The molecular formula is C56H92O6. The Hall–Kier alpha value is -3.67. The summed E-state index contributed by atoms with van der Waals surface area (Å²) in [4.78, 5) is 37.9. The molecule has 352 valence electrons. The summed E-state index contributed by atoms with van der Waals surface area (Å²) in [5.41, 5.74) is 0. The number of carbonyl (C=O) groups is 3. The molecule has 0 heterocycles. The molecular weight excluding hydrogens is 769 g/mol. The molecule has 0 radical (unpaired) electrons. The zero-order chi connectivity index (χ0) is 45.1. The van der Waals surface area contributed by atoms with Gasteiger partial charge in [-0.05, 0) is 103 Å². The van der Waals surface area contributed by atoms with Crippen molar-refractivity contribution in [1.82, 2.24) is 0 Å². The molecule has 0 fully saturated rings. The standard InChI is InChI=1S/C56H92O6/c1-4-7-10-13-16-19-22-24-26-27-28-29-30-32-34-37-40-43-46-49-55(58)61-52-53(51-60-54(57)48-45-42-39-36-33-21-18-15-12-9-6-3)62-56(59)50-47-44-41-38-35-31-25-23-20-17-14-11-8-5-2/h7-12,16-21,24,26,36,39,53H,4-6,13-15,22-23,25,27-35,37-38,40-52H2,1-3H3/b10-7-,11-8-,12-9-,19-16-,20-17-,21-18-,26-24-,39-36-. The second kappa shape index (κ2) is 50.0. The minimum atomic E-state index is -0.804. The fraction of sp³-hybridized carbons (Fsp3) is 0.661. The van der Waals surface area contributed by atoms with E-state index in [9.17, 15) is 14.4 Å². The molecule has 0 aliphatic heterocycles. The van der Waals surface area contributed by atoms with Crippen molar-refractivity contribution in [2.75, 3.05) is 13.2 Å². The Balaban J connectivity index is 4.40. The fourth-order valence-corrected chi connectivity index (χ4v) is 6.63. The number of unbranched alkanes of at least 4 members (excludes halogenated alkanes) is 17. The number of carbonyl (C=O) groups excluding carboxylic acids is 3. The Labute approximate surface area is 381 Å². The summed E-state index contributed by atoms with van der Waals surface area (Å²) in [6, 6.07) is 0. The molecule has 6 nitrogen and oxygen atoms in total. The number of esters is 3. The molecule has 0 aliphatic carbocycles. The average molecular weight is 861 g/mol. The zero-order valence-electron chi connectivity index (χ0n) is 40.1. The van der Waals surface area contributed by atoms with E-state index in [0.29, 0.717) is 19.3 Å². The number of hydrogen-bond donors (Lipinski definition) is 0. The van der Waals surface area contributed by atoms with Crippen molar-refractivity contribution in [3.8, 4) is 0 Å². The summed E-state index contributed by atoms with van der Waals surface area (Å²) in [6.45, 7) is 6.23. The lowest BCUT2D eigenvalue weighted by Crippen LogP contribution is -2.30. The second-order valence-corrected chi connectivity index (χ2v) is 16.3. The first-order valence-corrected chi connectivity index (χ1v) is 25.2. The number of ether oxygens (including phenoxy) is 3. The molecule has 0 aromatic heterocycles. The maximum absolute atomic E-state index is 12.8. The maximum Gasteiger partial charge on any atom is 0.306 e. The number of allylic oxidation sites excluding steroid dienone is 16. The largest absolute Gasteiger partial charge is 0.462 e. The SMILES string of the molecule is CC/C=C\C/C=C\C/C=C\CCCCCCCCCCCC(=O)OCC(COC(=O)CCC/C=C\C/C=C\C/C=C\CC)OC(=O)CCCCCCCCC/C=C\C/C=C\CC. The van der Waals surface area contributed by atoms with Gasteiger partial charge in [0.25, 0.3) is 0 Å². The van der Waals surface area contributed by atoms with Crippen LogP contribution in [0.5, 0.6) is 0 Å². The monoisotopic (exact) mass is 861 g/mol. The van der Waals surface area contributed by atoms with Crippen LogP contribution in [-0.2, 0) is 28.6 Å². The molecule has 1 atom stereocenters. The van der Waals surface area contributed by atoms with Crippen LogP contribution in [0.3, 0.4) is 0 Å². The van der Waals surface area contributed by atoms with E-state index in [0.717, 1.165) is 103 Å². The summed E-state index contributed by atoms with van der Waals surface area (Å²) in [7, 11) is 0. The molecule has 0 aromatic rings. The third kappa shape index (κ3) is 47.4. The fourth-order valence-electron chi connectivity index (χ4n) is 6.63. The molecule has 0 amide bonds. The lowest BCUT2D eigenvalue weighted by molar-refractivity contribution is -0.167. The van der Waals surface area contributed by atoms with Crippen molar-refractivity contribution in [2.24, 2.45) is 0 Å². The van der Waals surface area contributed by atoms with Gasteiger partial charge < -0.3 is 14.2 Å². The number of rotatable bonds is 44. The molecule has 0 saturated heterocycles. The summed E-state index contributed by atoms with van der Waals surface area (Å²) < 4.78 is 16.7. The highest BCUT2D eigenvalue weighted by Gasteiger charge is 2.19. The van der Waals surface area contributed by atoms with E-state index in [2.05, 4.69) is 118 Å². The molecule has 6 heteroatoms. The number of hydrogen-bond acceptors (Lipinski definition) is 6. The van der Waals surface area contributed by atoms with Crippen LogP contribution >= 0.6 is 0 Å². The van der Waals surface area contributed by atoms with Crippen molar-refractivity contribution < 1.29 is 28.6 Å². The minimum Gasteiger partial charge on any atom is -0.462 e. The highest BCUT2D eigenvalue weighted by Crippen LogP contribution is 2.14. The second-order valence-electron chi connectivity index (χ2n) is 16.3. The Morgan fingerprint density at radius 3 is 0.968 bits per heavy atom. The van der Waals surface area contributed by atoms with Crippen LogP contribution in [-0.4, -0.2) is 37.2 Å². The van der Waals surface area contributed by atoms with Gasteiger partial charge in [0.15, 0.2) is 6.10 Å². The quantitative estimate of drug-likeness (QED) is 0.0263. The molecule has 0 N–H and O–H groups in total. The molecule has 0 spiro atoms. The molecule has 1 unspecified atom stereocenters. The van der Waals surface area contributed by atoms with Gasteiger partial charge in [-0.2, -0.15) is 0 Å². The predicted octanol–water partition coefficient (Wildman–Crippen LogP) is 16.6. The third-order valence-corrected chi connectivity index (χ3v) is 10.3. The van der Waals surface area contributed by atoms with E-state index >= 15 is 0 Å². The van der Waals surface area contributed by atoms with Crippen LogP contribution in [0.1, 0.15) is 220 Å². The van der Waals surface area contributed by atoms with E-state index in [1.807, 2.05) is 0 Å². The van der Waals surface area contributed by atoms with E-state index in [4.69, 9.17) is 14.2 Å². The van der Waals surface area contributed by atoms with Crippen LogP contribution in [0.25, 0.3) is 0 Å². The smallest absolute Gasteiger partial charge is 0.306 e. The summed E-state index contributed by atoms with van der Waals surface area (Å²) in [6.07, 6.45) is 65.5. The Bertz CT molecular complexity index is 1260. The first kappa shape index (κ1) is 58.3. The lowest BCUT2D eigenvalue weighted by atomic mass is 10.1. The summed E-state index contributed by atoms with van der Waals surface area (Å²) >= 11 is 0. The van der Waals surface area contributed by atoms with E-state index < -0.39 is 6.10 Å². The predicted molar refractivity (Wildman–Crippen MR) is 265 cm³/mol. The molecule has 0 rings (SSSR count).